The maximum absolute atomic E-state index is 12.0. The zero-order valence-electron chi connectivity index (χ0n) is 13.9. The van der Waals surface area contributed by atoms with Gasteiger partial charge in [-0.15, -0.1) is 0 Å². The van der Waals surface area contributed by atoms with Gasteiger partial charge in [0.25, 0.3) is 5.91 Å². The summed E-state index contributed by atoms with van der Waals surface area (Å²) in [7, 11) is 0. The molecule has 1 fully saturated rings. The number of carbonyl (C=O) groups excluding carboxylic acids is 3. The lowest BCUT2D eigenvalue weighted by atomic mass is 10.2. The van der Waals surface area contributed by atoms with Gasteiger partial charge in [-0.3, -0.25) is 9.59 Å². The first-order valence-corrected chi connectivity index (χ1v) is 7.82. The third-order valence-corrected chi connectivity index (χ3v) is 3.79. The average Bonchev–Trinajstić information content (AvgIpc) is 2.64. The lowest BCUT2D eigenvalue weighted by Gasteiger charge is -2.34. The summed E-state index contributed by atoms with van der Waals surface area (Å²) in [6, 6.07) is 8.48. The van der Waals surface area contributed by atoms with Gasteiger partial charge in [0.2, 0.25) is 5.91 Å². The van der Waals surface area contributed by atoms with Crippen LogP contribution in [-0.2, 0) is 19.1 Å². The first kappa shape index (κ1) is 18.3. The van der Waals surface area contributed by atoms with E-state index in [2.05, 4.69) is 0 Å². The molecule has 8 heteroatoms. The highest BCUT2D eigenvalue weighted by atomic mass is 16.6. The highest BCUT2D eigenvalue weighted by Gasteiger charge is 2.23. The number of para-hydroxylation sites is 1. The molecule has 25 heavy (non-hydrogen) atoms. The van der Waals surface area contributed by atoms with E-state index in [9.17, 15) is 14.4 Å². The summed E-state index contributed by atoms with van der Waals surface area (Å²) < 4.78 is 10.1. The molecular formula is C17H19N3O5. The van der Waals surface area contributed by atoms with Crippen LogP contribution >= 0.6 is 0 Å². The van der Waals surface area contributed by atoms with Crippen molar-refractivity contribution in [3.63, 3.8) is 0 Å². The predicted molar refractivity (Wildman–Crippen MR) is 86.4 cm³/mol. The molecule has 1 aliphatic heterocycles. The molecule has 0 aliphatic carbocycles. The number of esters is 1. The second kappa shape index (κ2) is 8.68. The van der Waals surface area contributed by atoms with Gasteiger partial charge >= 0.3 is 5.97 Å². The van der Waals surface area contributed by atoms with Crippen molar-refractivity contribution in [2.75, 3.05) is 39.4 Å². The summed E-state index contributed by atoms with van der Waals surface area (Å²) in [5.41, 5.74) is 0.315. The van der Waals surface area contributed by atoms with E-state index in [1.165, 1.54) is 6.92 Å². The fourth-order valence-electron chi connectivity index (χ4n) is 2.37. The van der Waals surface area contributed by atoms with Crippen LogP contribution in [0.25, 0.3) is 0 Å². The second-order valence-corrected chi connectivity index (χ2v) is 5.44. The molecule has 0 bridgehead atoms. The number of nitriles is 1. The van der Waals surface area contributed by atoms with Gasteiger partial charge in [0, 0.05) is 33.1 Å². The maximum Gasteiger partial charge on any atom is 0.344 e. The van der Waals surface area contributed by atoms with Gasteiger partial charge in [-0.2, -0.15) is 5.26 Å². The average molecular weight is 345 g/mol. The molecule has 1 saturated heterocycles. The number of carbonyl (C=O) groups is 3. The molecule has 8 nitrogen and oxygen atoms in total. The number of hydrogen-bond acceptors (Lipinski definition) is 6. The molecule has 1 heterocycles. The SMILES string of the molecule is CC(=O)N1CCN(C(=O)COC(=O)COc2ccccc2C#N)CC1. The maximum atomic E-state index is 12.0. The van der Waals surface area contributed by atoms with Gasteiger partial charge in [0.05, 0.1) is 5.56 Å². The minimum atomic E-state index is -0.691. The Hall–Kier alpha value is -3.08. The molecule has 0 atom stereocenters. The van der Waals surface area contributed by atoms with E-state index in [1.807, 2.05) is 6.07 Å². The third-order valence-electron chi connectivity index (χ3n) is 3.79. The topological polar surface area (TPSA) is 99.9 Å². The number of amides is 2. The zero-order chi connectivity index (χ0) is 18.2. The quantitative estimate of drug-likeness (QED) is 0.705. The standard InChI is InChI=1S/C17H19N3O5/c1-13(21)19-6-8-20(9-7-19)16(22)11-25-17(23)12-24-15-5-3-2-4-14(15)10-18/h2-5H,6-9,11-12H2,1H3. The first-order valence-electron chi connectivity index (χ1n) is 7.82. The van der Waals surface area contributed by atoms with Gasteiger partial charge in [0.15, 0.2) is 13.2 Å². The normalized spacial score (nSPS) is 13.8. The molecule has 0 unspecified atom stereocenters. The molecule has 0 aromatic heterocycles. The van der Waals surface area contributed by atoms with E-state index >= 15 is 0 Å². The molecule has 1 aromatic rings. The second-order valence-electron chi connectivity index (χ2n) is 5.44. The van der Waals surface area contributed by atoms with Crippen molar-refractivity contribution in [2.45, 2.75) is 6.92 Å². The highest BCUT2D eigenvalue weighted by Crippen LogP contribution is 2.16. The van der Waals surface area contributed by atoms with Crippen LogP contribution in [0.15, 0.2) is 24.3 Å². The Kier molecular flexibility index (Phi) is 6.34. The molecule has 0 N–H and O–H groups in total. The van der Waals surface area contributed by atoms with Crippen LogP contribution in [0.3, 0.4) is 0 Å². The molecule has 0 radical (unpaired) electrons. The summed E-state index contributed by atoms with van der Waals surface area (Å²) in [4.78, 5) is 38.2. The molecule has 2 amide bonds. The van der Waals surface area contributed by atoms with Crippen LogP contribution in [0.5, 0.6) is 5.75 Å². The minimum Gasteiger partial charge on any atom is -0.481 e. The largest absolute Gasteiger partial charge is 0.481 e. The molecule has 0 spiro atoms. The predicted octanol–water partition coefficient (Wildman–Crippen LogP) is 0.171. The number of nitrogens with zero attached hydrogens (tertiary/aromatic N) is 3. The van der Waals surface area contributed by atoms with E-state index in [0.29, 0.717) is 31.7 Å². The van der Waals surface area contributed by atoms with Crippen molar-refractivity contribution in [2.24, 2.45) is 0 Å². The fraction of sp³-hybridized carbons (Fsp3) is 0.412. The molecule has 132 valence electrons. The van der Waals surface area contributed by atoms with Gasteiger partial charge in [0.1, 0.15) is 11.8 Å². The van der Waals surface area contributed by atoms with E-state index in [-0.39, 0.29) is 30.8 Å². The summed E-state index contributed by atoms with van der Waals surface area (Å²) in [6.07, 6.45) is 0. The van der Waals surface area contributed by atoms with Crippen molar-refractivity contribution in [3.8, 4) is 11.8 Å². The van der Waals surface area contributed by atoms with Crippen LogP contribution in [-0.4, -0.2) is 67.0 Å². The van der Waals surface area contributed by atoms with Crippen LogP contribution in [0.4, 0.5) is 0 Å². The summed E-state index contributed by atoms with van der Waals surface area (Å²) in [5.74, 6) is -0.737. The Labute approximate surface area is 145 Å². The van der Waals surface area contributed by atoms with E-state index in [1.54, 1.807) is 34.1 Å². The Bertz CT molecular complexity index is 690. The van der Waals surface area contributed by atoms with Crippen molar-refractivity contribution in [3.05, 3.63) is 29.8 Å². The number of rotatable bonds is 5. The lowest BCUT2D eigenvalue weighted by Crippen LogP contribution is -2.51. The summed E-state index contributed by atoms with van der Waals surface area (Å²) in [5, 5.41) is 8.94. The van der Waals surface area contributed by atoms with Crippen molar-refractivity contribution in [1.29, 1.82) is 5.26 Å². The van der Waals surface area contributed by atoms with Crippen LogP contribution in [0.2, 0.25) is 0 Å². The fourth-order valence-corrected chi connectivity index (χ4v) is 2.37. The number of ether oxygens (including phenoxy) is 2. The minimum absolute atomic E-state index is 0.0201. The smallest absolute Gasteiger partial charge is 0.344 e. The summed E-state index contributed by atoms with van der Waals surface area (Å²) >= 11 is 0. The van der Waals surface area contributed by atoms with Crippen LogP contribution in [0.1, 0.15) is 12.5 Å². The Morgan fingerprint density at radius 2 is 1.72 bits per heavy atom. The van der Waals surface area contributed by atoms with Crippen molar-refractivity contribution < 1.29 is 23.9 Å². The van der Waals surface area contributed by atoms with Crippen LogP contribution in [0, 0.1) is 11.3 Å². The van der Waals surface area contributed by atoms with Gasteiger partial charge in [-0.25, -0.2) is 4.79 Å². The van der Waals surface area contributed by atoms with Gasteiger partial charge < -0.3 is 19.3 Å². The van der Waals surface area contributed by atoms with Gasteiger partial charge in [-0.1, -0.05) is 12.1 Å². The number of hydrogen-bond donors (Lipinski definition) is 0. The summed E-state index contributed by atoms with van der Waals surface area (Å²) in [6.45, 7) is 2.52. The Morgan fingerprint density at radius 3 is 2.36 bits per heavy atom. The Balaban J connectivity index is 1.72. The van der Waals surface area contributed by atoms with E-state index in [4.69, 9.17) is 14.7 Å². The zero-order valence-corrected chi connectivity index (χ0v) is 13.9. The number of piperazine rings is 1. The molecule has 0 saturated carbocycles. The molecule has 1 aliphatic rings. The third kappa shape index (κ3) is 5.21. The highest BCUT2D eigenvalue weighted by molar-refractivity contribution is 5.81. The first-order chi connectivity index (χ1) is 12.0. The molecular weight excluding hydrogens is 326 g/mol. The monoisotopic (exact) mass is 345 g/mol. The van der Waals surface area contributed by atoms with Gasteiger partial charge in [-0.05, 0) is 12.1 Å². The van der Waals surface area contributed by atoms with E-state index < -0.39 is 5.97 Å². The van der Waals surface area contributed by atoms with E-state index in [0.717, 1.165) is 0 Å². The molecule has 1 aromatic carbocycles. The lowest BCUT2D eigenvalue weighted by molar-refractivity contribution is -0.154. The molecule has 2 rings (SSSR count). The number of benzene rings is 1. The van der Waals surface area contributed by atoms with Crippen LogP contribution < -0.4 is 4.74 Å². The van der Waals surface area contributed by atoms with Crippen molar-refractivity contribution in [1.82, 2.24) is 9.80 Å². The van der Waals surface area contributed by atoms with Crippen molar-refractivity contribution >= 4 is 17.8 Å². The Morgan fingerprint density at radius 1 is 1.08 bits per heavy atom.